The summed E-state index contributed by atoms with van der Waals surface area (Å²) in [4.78, 5) is 14.8. The second-order valence-corrected chi connectivity index (χ2v) is 6.70. The quantitative estimate of drug-likeness (QED) is 0.735. The van der Waals surface area contributed by atoms with Gasteiger partial charge in [-0.25, -0.2) is 4.79 Å². The van der Waals surface area contributed by atoms with Crippen molar-refractivity contribution >= 4 is 16.7 Å². The Morgan fingerprint density at radius 1 is 1.15 bits per heavy atom. The lowest BCUT2D eigenvalue weighted by molar-refractivity contribution is 0.415. The monoisotopic (exact) mass is 350 g/mol. The van der Waals surface area contributed by atoms with Crippen LogP contribution in [-0.4, -0.2) is 32.8 Å². The first-order chi connectivity index (χ1) is 12.6. The van der Waals surface area contributed by atoms with Gasteiger partial charge in [-0.05, 0) is 42.8 Å². The number of rotatable bonds is 3. The second-order valence-electron chi connectivity index (χ2n) is 6.70. The molecule has 1 aliphatic heterocycles. The smallest absolute Gasteiger partial charge is 0.344 e. The molecule has 0 aliphatic carbocycles. The number of nitrogens with one attached hydrogen (secondary N) is 1. The summed E-state index contributed by atoms with van der Waals surface area (Å²) in [6.45, 7) is 5.03. The van der Waals surface area contributed by atoms with Gasteiger partial charge in [0.15, 0.2) is 0 Å². The minimum Gasteiger partial charge on any atom is -0.497 e. The van der Waals surface area contributed by atoms with Crippen molar-refractivity contribution in [1.82, 2.24) is 5.32 Å². The van der Waals surface area contributed by atoms with Crippen LogP contribution in [0.4, 0.5) is 5.69 Å². The average Bonchev–Trinajstić information content (AvgIpc) is 2.67. The first-order valence-electron chi connectivity index (χ1n) is 8.85. The summed E-state index contributed by atoms with van der Waals surface area (Å²) in [6, 6.07) is 15.8. The molecule has 1 atom stereocenters. The summed E-state index contributed by atoms with van der Waals surface area (Å²) >= 11 is 0. The average molecular weight is 350 g/mol. The van der Waals surface area contributed by atoms with Gasteiger partial charge in [0.1, 0.15) is 11.3 Å². The molecule has 0 unspecified atom stereocenters. The topological polar surface area (TPSA) is 54.7 Å². The van der Waals surface area contributed by atoms with E-state index in [-0.39, 0.29) is 5.63 Å². The van der Waals surface area contributed by atoms with E-state index in [9.17, 15) is 4.79 Å². The summed E-state index contributed by atoms with van der Waals surface area (Å²) in [5, 5.41) is 4.36. The molecule has 0 spiro atoms. The zero-order valence-electron chi connectivity index (χ0n) is 15.0. The fourth-order valence-electron chi connectivity index (χ4n) is 3.44. The van der Waals surface area contributed by atoms with Crippen LogP contribution in [0.15, 0.2) is 57.7 Å². The van der Waals surface area contributed by atoms with E-state index in [1.165, 1.54) is 0 Å². The zero-order valence-corrected chi connectivity index (χ0v) is 15.0. The molecule has 2 heterocycles. The van der Waals surface area contributed by atoms with Crippen molar-refractivity contribution in [3.8, 4) is 16.9 Å². The number of fused-ring (bicyclic) bond motifs is 1. The fraction of sp³-hybridized carbons (Fsp3) is 0.286. The van der Waals surface area contributed by atoms with Crippen LogP contribution >= 0.6 is 0 Å². The minimum atomic E-state index is -0.325. The van der Waals surface area contributed by atoms with Crippen molar-refractivity contribution < 1.29 is 9.15 Å². The number of benzene rings is 2. The van der Waals surface area contributed by atoms with Crippen LogP contribution < -0.4 is 20.6 Å². The van der Waals surface area contributed by atoms with Gasteiger partial charge in [-0.1, -0.05) is 12.1 Å². The summed E-state index contributed by atoms with van der Waals surface area (Å²) in [5.74, 6) is 0.758. The molecule has 0 bridgehead atoms. The predicted molar refractivity (Wildman–Crippen MR) is 104 cm³/mol. The number of piperazine rings is 1. The van der Waals surface area contributed by atoms with E-state index < -0.39 is 0 Å². The summed E-state index contributed by atoms with van der Waals surface area (Å²) in [6.07, 6.45) is 0. The maximum absolute atomic E-state index is 12.5. The third kappa shape index (κ3) is 3.18. The molecule has 0 saturated carbocycles. The van der Waals surface area contributed by atoms with Gasteiger partial charge in [0.25, 0.3) is 0 Å². The van der Waals surface area contributed by atoms with E-state index in [0.29, 0.717) is 17.2 Å². The van der Waals surface area contributed by atoms with Crippen molar-refractivity contribution in [2.75, 3.05) is 31.6 Å². The first-order valence-corrected chi connectivity index (χ1v) is 8.85. The molecule has 2 aromatic carbocycles. The maximum atomic E-state index is 12.5. The molecule has 1 N–H and O–H groups in total. The standard InChI is InChI=1S/C21H22N2O3/c1-14-13-23(10-9-22-14)17-6-3-16-11-19(21(24)26-20(16)12-17)15-4-7-18(25-2)8-5-15/h3-8,11-12,14,22H,9-10,13H2,1-2H3/t14-/m0/s1. The third-order valence-corrected chi connectivity index (χ3v) is 4.85. The predicted octanol–water partition coefficient (Wildman–Crippen LogP) is 3.27. The largest absolute Gasteiger partial charge is 0.497 e. The second kappa shape index (κ2) is 6.84. The molecular formula is C21H22N2O3. The number of hydrogen-bond donors (Lipinski definition) is 1. The number of anilines is 1. The highest BCUT2D eigenvalue weighted by Crippen LogP contribution is 2.26. The fourth-order valence-corrected chi connectivity index (χ4v) is 3.44. The van der Waals surface area contributed by atoms with Gasteiger partial charge in [-0.2, -0.15) is 0 Å². The molecule has 5 heteroatoms. The van der Waals surface area contributed by atoms with Crippen LogP contribution in [0.25, 0.3) is 22.1 Å². The molecule has 0 radical (unpaired) electrons. The lowest BCUT2D eigenvalue weighted by atomic mass is 10.1. The number of methoxy groups -OCH3 is 1. The Labute approximate surface area is 152 Å². The van der Waals surface area contributed by atoms with E-state index in [2.05, 4.69) is 23.2 Å². The number of hydrogen-bond acceptors (Lipinski definition) is 5. The number of ether oxygens (including phenoxy) is 1. The Morgan fingerprint density at radius 3 is 2.69 bits per heavy atom. The maximum Gasteiger partial charge on any atom is 0.344 e. The van der Waals surface area contributed by atoms with E-state index in [1.807, 2.05) is 42.5 Å². The molecule has 1 aromatic heterocycles. The van der Waals surface area contributed by atoms with Crippen LogP contribution in [-0.2, 0) is 0 Å². The molecule has 5 nitrogen and oxygen atoms in total. The van der Waals surface area contributed by atoms with Crippen LogP contribution in [0.3, 0.4) is 0 Å². The summed E-state index contributed by atoms with van der Waals surface area (Å²) < 4.78 is 10.8. The summed E-state index contributed by atoms with van der Waals surface area (Å²) in [5.41, 5.74) is 2.76. The molecule has 134 valence electrons. The molecule has 3 aromatic rings. The van der Waals surface area contributed by atoms with Crippen molar-refractivity contribution in [2.45, 2.75) is 13.0 Å². The highest BCUT2D eigenvalue weighted by atomic mass is 16.5. The van der Waals surface area contributed by atoms with Crippen molar-refractivity contribution in [3.63, 3.8) is 0 Å². The first kappa shape index (κ1) is 16.7. The molecule has 1 saturated heterocycles. The molecule has 26 heavy (non-hydrogen) atoms. The van der Waals surface area contributed by atoms with Crippen molar-refractivity contribution in [1.29, 1.82) is 0 Å². The normalized spacial score (nSPS) is 17.5. The van der Waals surface area contributed by atoms with Gasteiger partial charge < -0.3 is 19.4 Å². The van der Waals surface area contributed by atoms with Gasteiger partial charge >= 0.3 is 5.63 Å². The van der Waals surface area contributed by atoms with E-state index >= 15 is 0 Å². The Morgan fingerprint density at radius 2 is 1.96 bits per heavy atom. The van der Waals surface area contributed by atoms with Crippen molar-refractivity contribution in [2.24, 2.45) is 0 Å². The molecule has 0 amide bonds. The van der Waals surface area contributed by atoms with E-state index in [4.69, 9.17) is 9.15 Å². The van der Waals surface area contributed by atoms with Crippen LogP contribution in [0, 0.1) is 0 Å². The lowest BCUT2D eigenvalue weighted by Crippen LogP contribution is -2.49. The Hall–Kier alpha value is -2.79. The Balaban J connectivity index is 1.71. The van der Waals surface area contributed by atoms with Crippen LogP contribution in [0.1, 0.15) is 6.92 Å². The lowest BCUT2D eigenvalue weighted by Gasteiger charge is -2.33. The van der Waals surface area contributed by atoms with Gasteiger partial charge in [-0.15, -0.1) is 0 Å². The van der Waals surface area contributed by atoms with Crippen LogP contribution in [0.2, 0.25) is 0 Å². The van der Waals surface area contributed by atoms with E-state index in [1.54, 1.807) is 7.11 Å². The molecule has 1 aliphatic rings. The SMILES string of the molecule is COc1ccc(-c2cc3ccc(N4CCN[C@@H](C)C4)cc3oc2=O)cc1. The van der Waals surface area contributed by atoms with E-state index in [0.717, 1.165) is 42.0 Å². The van der Waals surface area contributed by atoms with Crippen LogP contribution in [0.5, 0.6) is 5.75 Å². The minimum absolute atomic E-state index is 0.325. The van der Waals surface area contributed by atoms with Gasteiger partial charge in [-0.3, -0.25) is 0 Å². The number of nitrogens with zero attached hydrogens (tertiary/aromatic N) is 1. The third-order valence-electron chi connectivity index (χ3n) is 4.85. The zero-order chi connectivity index (χ0) is 18.1. The Bertz CT molecular complexity index is 979. The molecular weight excluding hydrogens is 328 g/mol. The van der Waals surface area contributed by atoms with Gasteiger partial charge in [0.05, 0.1) is 12.7 Å². The molecule has 4 rings (SSSR count). The van der Waals surface area contributed by atoms with Gasteiger partial charge in [0, 0.05) is 42.8 Å². The molecule has 1 fully saturated rings. The highest BCUT2D eigenvalue weighted by molar-refractivity contribution is 5.84. The van der Waals surface area contributed by atoms with Gasteiger partial charge in [0.2, 0.25) is 0 Å². The highest BCUT2D eigenvalue weighted by Gasteiger charge is 2.17. The Kier molecular flexibility index (Phi) is 4.39. The van der Waals surface area contributed by atoms with Crippen molar-refractivity contribution in [3.05, 3.63) is 59.0 Å². The summed E-state index contributed by atoms with van der Waals surface area (Å²) in [7, 11) is 1.62.